The van der Waals surface area contributed by atoms with Crippen LogP contribution in [0.5, 0.6) is 0 Å². The van der Waals surface area contributed by atoms with E-state index < -0.39 is 18.6 Å². The van der Waals surface area contributed by atoms with Gasteiger partial charge in [-0.1, -0.05) is 13.8 Å². The summed E-state index contributed by atoms with van der Waals surface area (Å²) in [6.45, 7) is 5.08. The maximum Gasteiger partial charge on any atom is 0.406 e. The first-order valence-corrected chi connectivity index (χ1v) is 9.21. The fourth-order valence-electron chi connectivity index (χ4n) is 3.24. The molecule has 0 spiro atoms. The summed E-state index contributed by atoms with van der Waals surface area (Å²) in [7, 11) is 0. The number of alkyl halides is 3. The van der Waals surface area contributed by atoms with E-state index in [1.165, 1.54) is 12.1 Å². The molecule has 1 heterocycles. The van der Waals surface area contributed by atoms with E-state index in [0.29, 0.717) is 19.6 Å². The standard InChI is InChI=1S/C19H27F4N3O/c1-15(2)12-26(14-19(21,22)23)18(27)13-24-8-3-9-25(11-10-24)17-6-4-16(20)5-7-17/h4-7,15H,3,8-14H2,1-2H3. The first-order valence-electron chi connectivity index (χ1n) is 9.21. The minimum atomic E-state index is -4.40. The zero-order valence-electron chi connectivity index (χ0n) is 15.8. The quantitative estimate of drug-likeness (QED) is 0.698. The summed E-state index contributed by atoms with van der Waals surface area (Å²) in [5, 5.41) is 0. The van der Waals surface area contributed by atoms with Crippen LogP contribution in [0.15, 0.2) is 24.3 Å². The van der Waals surface area contributed by atoms with Gasteiger partial charge < -0.3 is 9.80 Å². The number of benzene rings is 1. The molecular formula is C19H27F4N3O. The van der Waals surface area contributed by atoms with E-state index in [2.05, 4.69) is 4.90 Å². The van der Waals surface area contributed by atoms with Crippen LogP contribution in [0.1, 0.15) is 20.3 Å². The molecule has 1 saturated heterocycles. The van der Waals surface area contributed by atoms with Crippen LogP contribution < -0.4 is 4.90 Å². The molecule has 0 unspecified atom stereocenters. The van der Waals surface area contributed by atoms with Crippen molar-refractivity contribution in [1.29, 1.82) is 0 Å². The highest BCUT2D eigenvalue weighted by Crippen LogP contribution is 2.19. The first kappa shape index (κ1) is 21.5. The molecule has 0 atom stereocenters. The molecule has 0 N–H and O–H groups in total. The van der Waals surface area contributed by atoms with E-state index in [1.807, 2.05) is 4.90 Å². The van der Waals surface area contributed by atoms with Crippen LogP contribution in [0.3, 0.4) is 0 Å². The Hall–Kier alpha value is -1.83. The summed E-state index contributed by atoms with van der Waals surface area (Å²) in [5.74, 6) is -0.818. The fraction of sp³-hybridized carbons (Fsp3) is 0.632. The molecule has 27 heavy (non-hydrogen) atoms. The largest absolute Gasteiger partial charge is 0.406 e. The lowest BCUT2D eigenvalue weighted by Crippen LogP contribution is -2.46. The highest BCUT2D eigenvalue weighted by atomic mass is 19.4. The molecule has 2 rings (SSSR count). The summed E-state index contributed by atoms with van der Waals surface area (Å²) in [6.07, 6.45) is -3.61. The molecule has 0 saturated carbocycles. The molecule has 1 aromatic carbocycles. The molecule has 0 aromatic heterocycles. The predicted molar refractivity (Wildman–Crippen MR) is 97.1 cm³/mol. The van der Waals surface area contributed by atoms with E-state index in [9.17, 15) is 22.4 Å². The normalized spacial score (nSPS) is 16.5. The minimum absolute atomic E-state index is 0.0138. The second-order valence-electron chi connectivity index (χ2n) is 7.38. The third-order valence-electron chi connectivity index (χ3n) is 4.45. The Bertz CT molecular complexity index is 604. The zero-order valence-corrected chi connectivity index (χ0v) is 15.8. The van der Waals surface area contributed by atoms with Gasteiger partial charge in [0, 0.05) is 38.4 Å². The molecule has 1 aliphatic heterocycles. The van der Waals surface area contributed by atoms with Crippen molar-refractivity contribution in [1.82, 2.24) is 9.80 Å². The van der Waals surface area contributed by atoms with Gasteiger partial charge in [0.25, 0.3) is 0 Å². The molecule has 1 aromatic rings. The molecule has 1 amide bonds. The van der Waals surface area contributed by atoms with Crippen molar-refractivity contribution in [2.24, 2.45) is 5.92 Å². The number of anilines is 1. The van der Waals surface area contributed by atoms with Crippen molar-refractivity contribution in [3.05, 3.63) is 30.1 Å². The van der Waals surface area contributed by atoms with Crippen LogP contribution in [0.2, 0.25) is 0 Å². The zero-order chi connectivity index (χ0) is 20.0. The lowest BCUT2D eigenvalue weighted by Gasteiger charge is -2.29. The Kier molecular flexibility index (Phi) is 7.47. The average molecular weight is 389 g/mol. The highest BCUT2D eigenvalue weighted by Gasteiger charge is 2.33. The molecule has 0 aliphatic carbocycles. The topological polar surface area (TPSA) is 26.8 Å². The van der Waals surface area contributed by atoms with E-state index in [1.54, 1.807) is 26.0 Å². The van der Waals surface area contributed by atoms with Crippen LogP contribution in [0.25, 0.3) is 0 Å². The Morgan fingerprint density at radius 1 is 1.11 bits per heavy atom. The molecule has 8 heteroatoms. The van der Waals surface area contributed by atoms with Gasteiger partial charge in [-0.05, 0) is 36.6 Å². The average Bonchev–Trinajstić information content (AvgIpc) is 2.79. The van der Waals surface area contributed by atoms with Gasteiger partial charge in [-0.3, -0.25) is 9.69 Å². The summed E-state index contributed by atoms with van der Waals surface area (Å²) in [4.78, 5) is 17.4. The van der Waals surface area contributed by atoms with Crippen LogP contribution in [0, 0.1) is 11.7 Å². The van der Waals surface area contributed by atoms with Crippen molar-refractivity contribution >= 4 is 11.6 Å². The highest BCUT2D eigenvalue weighted by molar-refractivity contribution is 5.78. The predicted octanol–water partition coefficient (Wildman–Crippen LogP) is 3.38. The number of carbonyl (C=O) groups excluding carboxylic acids is 1. The Balaban J connectivity index is 1.93. The molecule has 1 aliphatic rings. The SMILES string of the molecule is CC(C)CN(CC(F)(F)F)C(=O)CN1CCCN(c2ccc(F)cc2)CC1. The Morgan fingerprint density at radius 3 is 2.37 bits per heavy atom. The lowest BCUT2D eigenvalue weighted by atomic mass is 10.2. The number of hydrogen-bond acceptors (Lipinski definition) is 3. The van der Waals surface area contributed by atoms with Gasteiger partial charge in [0.2, 0.25) is 5.91 Å². The number of halogens is 4. The third-order valence-corrected chi connectivity index (χ3v) is 4.45. The second-order valence-corrected chi connectivity index (χ2v) is 7.38. The van der Waals surface area contributed by atoms with Crippen LogP contribution in [-0.4, -0.2) is 67.7 Å². The van der Waals surface area contributed by atoms with Crippen LogP contribution in [-0.2, 0) is 4.79 Å². The Labute approximate surface area is 157 Å². The van der Waals surface area contributed by atoms with Gasteiger partial charge in [-0.2, -0.15) is 13.2 Å². The van der Waals surface area contributed by atoms with E-state index in [-0.39, 0.29) is 24.8 Å². The molecule has 4 nitrogen and oxygen atoms in total. The van der Waals surface area contributed by atoms with Gasteiger partial charge in [0.1, 0.15) is 12.4 Å². The van der Waals surface area contributed by atoms with Crippen LogP contribution >= 0.6 is 0 Å². The van der Waals surface area contributed by atoms with E-state index in [4.69, 9.17) is 0 Å². The van der Waals surface area contributed by atoms with Gasteiger partial charge >= 0.3 is 6.18 Å². The fourth-order valence-corrected chi connectivity index (χ4v) is 3.24. The minimum Gasteiger partial charge on any atom is -0.370 e. The van der Waals surface area contributed by atoms with Gasteiger partial charge in [0.05, 0.1) is 6.54 Å². The van der Waals surface area contributed by atoms with Crippen molar-refractivity contribution in [2.75, 3.05) is 50.7 Å². The van der Waals surface area contributed by atoms with Crippen molar-refractivity contribution in [3.63, 3.8) is 0 Å². The summed E-state index contributed by atoms with van der Waals surface area (Å²) >= 11 is 0. The summed E-state index contributed by atoms with van der Waals surface area (Å²) in [5.41, 5.74) is 0.906. The van der Waals surface area contributed by atoms with Gasteiger partial charge in [0.15, 0.2) is 0 Å². The maximum atomic E-state index is 13.1. The smallest absolute Gasteiger partial charge is 0.370 e. The lowest BCUT2D eigenvalue weighted by molar-refractivity contribution is -0.162. The Morgan fingerprint density at radius 2 is 1.78 bits per heavy atom. The van der Waals surface area contributed by atoms with Gasteiger partial charge in [-0.25, -0.2) is 4.39 Å². The van der Waals surface area contributed by atoms with Crippen LogP contribution in [0.4, 0.5) is 23.2 Å². The second kappa shape index (κ2) is 9.39. The van der Waals surface area contributed by atoms with Crippen molar-refractivity contribution in [2.45, 2.75) is 26.4 Å². The molecule has 0 radical (unpaired) electrons. The third kappa shape index (κ3) is 7.36. The number of amides is 1. The monoisotopic (exact) mass is 389 g/mol. The van der Waals surface area contributed by atoms with E-state index in [0.717, 1.165) is 23.6 Å². The number of nitrogens with zero attached hydrogens (tertiary/aromatic N) is 3. The van der Waals surface area contributed by atoms with Crippen molar-refractivity contribution in [3.8, 4) is 0 Å². The molecule has 0 bridgehead atoms. The van der Waals surface area contributed by atoms with Crippen molar-refractivity contribution < 1.29 is 22.4 Å². The number of rotatable bonds is 6. The maximum absolute atomic E-state index is 13.1. The number of hydrogen-bond donors (Lipinski definition) is 0. The summed E-state index contributed by atoms with van der Waals surface area (Å²) in [6, 6.07) is 6.23. The summed E-state index contributed by atoms with van der Waals surface area (Å²) < 4.78 is 51.4. The van der Waals surface area contributed by atoms with Gasteiger partial charge in [-0.15, -0.1) is 0 Å². The molecule has 152 valence electrons. The van der Waals surface area contributed by atoms with E-state index >= 15 is 0 Å². The molecule has 1 fully saturated rings. The number of carbonyl (C=O) groups is 1. The first-order chi connectivity index (χ1) is 12.6. The molecular weight excluding hydrogens is 362 g/mol.